The number of thiazole rings is 1. The molecule has 2 aromatic carbocycles. The lowest BCUT2D eigenvalue weighted by Gasteiger charge is -2.06. The summed E-state index contributed by atoms with van der Waals surface area (Å²) in [5, 5.41) is 14.6. The molecule has 0 radical (unpaired) electrons. The molecule has 0 unspecified atom stereocenters. The topological polar surface area (TPSA) is 75.0 Å². The lowest BCUT2D eigenvalue weighted by molar-refractivity contribution is -0.112. The minimum atomic E-state index is -0.474. The zero-order valence-corrected chi connectivity index (χ0v) is 15.5. The normalized spacial score (nSPS) is 10.9. The van der Waals surface area contributed by atoms with Gasteiger partial charge in [0.15, 0.2) is 0 Å². The minimum Gasteiger partial charge on any atom is -0.494 e. The summed E-state index contributed by atoms with van der Waals surface area (Å²) < 4.78 is 5.37. The van der Waals surface area contributed by atoms with Crippen LogP contribution in [0.5, 0.6) is 5.75 Å². The van der Waals surface area contributed by atoms with Crippen molar-refractivity contribution in [2.45, 2.75) is 6.92 Å². The smallest absolute Gasteiger partial charge is 0.266 e. The van der Waals surface area contributed by atoms with Gasteiger partial charge in [-0.15, -0.1) is 11.3 Å². The van der Waals surface area contributed by atoms with Crippen molar-refractivity contribution >= 4 is 29.0 Å². The average Bonchev–Trinajstić information content (AvgIpc) is 3.17. The number of hydrogen-bond acceptors (Lipinski definition) is 5. The molecule has 1 heterocycles. The maximum atomic E-state index is 12.4. The molecule has 1 aromatic heterocycles. The minimum absolute atomic E-state index is 0.00199. The van der Waals surface area contributed by atoms with Crippen LogP contribution in [0, 0.1) is 11.3 Å². The molecule has 3 rings (SSSR count). The summed E-state index contributed by atoms with van der Waals surface area (Å²) in [5.41, 5.74) is 2.40. The molecule has 6 heteroatoms. The highest BCUT2D eigenvalue weighted by atomic mass is 32.1. The molecule has 0 spiro atoms. The molecule has 0 saturated carbocycles. The Kier molecular flexibility index (Phi) is 5.98. The van der Waals surface area contributed by atoms with Crippen molar-refractivity contribution in [2.75, 3.05) is 11.9 Å². The number of nitrogens with zero attached hydrogens (tertiary/aromatic N) is 2. The largest absolute Gasteiger partial charge is 0.494 e. The average molecular weight is 375 g/mol. The highest BCUT2D eigenvalue weighted by Crippen LogP contribution is 2.23. The number of carbonyl (C=O) groups excluding carboxylic acids is 1. The molecule has 3 aromatic rings. The van der Waals surface area contributed by atoms with Gasteiger partial charge >= 0.3 is 0 Å². The van der Waals surface area contributed by atoms with Crippen LogP contribution in [0.4, 0.5) is 5.69 Å². The van der Waals surface area contributed by atoms with Crippen molar-refractivity contribution in [3.8, 4) is 23.1 Å². The molecule has 0 fully saturated rings. The number of benzene rings is 2. The third-order valence-electron chi connectivity index (χ3n) is 3.65. The van der Waals surface area contributed by atoms with E-state index in [2.05, 4.69) is 10.3 Å². The summed E-state index contributed by atoms with van der Waals surface area (Å²) in [6.07, 6.45) is 1.50. The Bertz CT molecular complexity index is 986. The summed E-state index contributed by atoms with van der Waals surface area (Å²) in [7, 11) is 0. The first-order valence-corrected chi connectivity index (χ1v) is 9.24. The van der Waals surface area contributed by atoms with E-state index in [4.69, 9.17) is 4.74 Å². The molecule has 0 aliphatic carbocycles. The van der Waals surface area contributed by atoms with Gasteiger partial charge in [-0.25, -0.2) is 4.98 Å². The van der Waals surface area contributed by atoms with Crippen LogP contribution in [0.25, 0.3) is 17.3 Å². The van der Waals surface area contributed by atoms with Gasteiger partial charge in [0.25, 0.3) is 5.91 Å². The van der Waals surface area contributed by atoms with Crippen molar-refractivity contribution in [3.63, 3.8) is 0 Å². The second-order valence-electron chi connectivity index (χ2n) is 5.52. The van der Waals surface area contributed by atoms with Crippen molar-refractivity contribution in [3.05, 3.63) is 70.6 Å². The van der Waals surface area contributed by atoms with Gasteiger partial charge in [-0.05, 0) is 37.3 Å². The molecular weight excluding hydrogens is 358 g/mol. The molecule has 0 aliphatic rings. The Labute approximate surface area is 161 Å². The zero-order chi connectivity index (χ0) is 19.1. The van der Waals surface area contributed by atoms with Crippen LogP contribution < -0.4 is 10.1 Å². The van der Waals surface area contributed by atoms with Crippen LogP contribution >= 0.6 is 11.3 Å². The number of nitrogens with one attached hydrogen (secondary N) is 1. The third kappa shape index (κ3) is 4.81. The van der Waals surface area contributed by atoms with Gasteiger partial charge in [0, 0.05) is 16.6 Å². The number of carbonyl (C=O) groups is 1. The molecule has 0 atom stereocenters. The molecule has 5 nitrogen and oxygen atoms in total. The highest BCUT2D eigenvalue weighted by Gasteiger charge is 2.11. The van der Waals surface area contributed by atoms with Gasteiger partial charge in [-0.1, -0.05) is 30.3 Å². The van der Waals surface area contributed by atoms with Gasteiger partial charge in [0.2, 0.25) is 0 Å². The van der Waals surface area contributed by atoms with Crippen LogP contribution in [-0.2, 0) is 4.79 Å². The quantitative estimate of drug-likeness (QED) is 0.498. The fourth-order valence-electron chi connectivity index (χ4n) is 2.37. The molecule has 1 N–H and O–H groups in total. The first kappa shape index (κ1) is 18.4. The number of aromatic nitrogens is 1. The fourth-order valence-corrected chi connectivity index (χ4v) is 3.13. The number of anilines is 1. The van der Waals surface area contributed by atoms with Crippen molar-refractivity contribution < 1.29 is 9.53 Å². The Morgan fingerprint density at radius 2 is 1.96 bits per heavy atom. The summed E-state index contributed by atoms with van der Waals surface area (Å²) >= 11 is 1.38. The van der Waals surface area contributed by atoms with Gasteiger partial charge in [0.05, 0.1) is 12.3 Å². The maximum Gasteiger partial charge on any atom is 0.266 e. The van der Waals surface area contributed by atoms with E-state index in [0.717, 1.165) is 17.0 Å². The molecule has 1 amide bonds. The second-order valence-corrected chi connectivity index (χ2v) is 6.41. The van der Waals surface area contributed by atoms with Gasteiger partial charge in [-0.2, -0.15) is 5.26 Å². The first-order chi connectivity index (χ1) is 13.2. The third-order valence-corrected chi connectivity index (χ3v) is 4.44. The van der Waals surface area contributed by atoms with Gasteiger partial charge < -0.3 is 10.1 Å². The van der Waals surface area contributed by atoms with E-state index in [1.54, 1.807) is 24.3 Å². The van der Waals surface area contributed by atoms with E-state index in [0.29, 0.717) is 17.3 Å². The summed E-state index contributed by atoms with van der Waals surface area (Å²) in [5.74, 6) is 0.251. The zero-order valence-electron chi connectivity index (χ0n) is 14.7. The number of amides is 1. The summed E-state index contributed by atoms with van der Waals surface area (Å²) in [4.78, 5) is 16.9. The van der Waals surface area contributed by atoms with E-state index in [-0.39, 0.29) is 5.57 Å². The molecular formula is C21H17N3O2S. The van der Waals surface area contributed by atoms with Crippen LogP contribution in [0.1, 0.15) is 11.9 Å². The predicted molar refractivity (Wildman–Crippen MR) is 107 cm³/mol. The molecule has 27 heavy (non-hydrogen) atoms. The highest BCUT2D eigenvalue weighted by molar-refractivity contribution is 7.10. The Hall–Kier alpha value is -3.43. The molecule has 134 valence electrons. The van der Waals surface area contributed by atoms with E-state index in [9.17, 15) is 10.1 Å². The monoisotopic (exact) mass is 375 g/mol. The van der Waals surface area contributed by atoms with Crippen LogP contribution in [0.15, 0.2) is 65.6 Å². The fraction of sp³-hybridized carbons (Fsp3) is 0.0952. The SMILES string of the molecule is CCOc1ccc(NC(=O)/C(C#N)=C\c2nc(-c3ccccc3)cs2)cc1. The van der Waals surface area contributed by atoms with E-state index in [1.165, 1.54) is 17.4 Å². The van der Waals surface area contributed by atoms with Gasteiger partial charge in [-0.3, -0.25) is 4.79 Å². The first-order valence-electron chi connectivity index (χ1n) is 8.36. The lowest BCUT2D eigenvalue weighted by Crippen LogP contribution is -2.13. The second kappa shape index (κ2) is 8.79. The number of ether oxygens (including phenoxy) is 1. The summed E-state index contributed by atoms with van der Waals surface area (Å²) in [6, 6.07) is 18.7. The molecule has 0 saturated heterocycles. The predicted octanol–water partition coefficient (Wildman–Crippen LogP) is 4.75. The van der Waals surface area contributed by atoms with Crippen molar-refractivity contribution in [1.82, 2.24) is 4.98 Å². The lowest BCUT2D eigenvalue weighted by atomic mass is 10.2. The summed E-state index contributed by atoms with van der Waals surface area (Å²) in [6.45, 7) is 2.48. The Morgan fingerprint density at radius 1 is 1.22 bits per heavy atom. The van der Waals surface area contributed by atoms with Crippen molar-refractivity contribution in [1.29, 1.82) is 5.26 Å². The Balaban J connectivity index is 1.73. The van der Waals surface area contributed by atoms with E-state index >= 15 is 0 Å². The van der Waals surface area contributed by atoms with E-state index in [1.807, 2.05) is 48.7 Å². The molecule has 0 bridgehead atoms. The molecule has 0 aliphatic heterocycles. The van der Waals surface area contributed by atoms with Crippen LogP contribution in [-0.4, -0.2) is 17.5 Å². The Morgan fingerprint density at radius 3 is 2.63 bits per heavy atom. The standard InChI is InChI=1S/C21H17N3O2S/c1-2-26-18-10-8-17(9-11-18)23-21(25)16(13-22)12-20-24-19(14-27-20)15-6-4-3-5-7-15/h3-12,14H,2H2,1H3,(H,23,25)/b16-12-. The van der Waals surface area contributed by atoms with Crippen molar-refractivity contribution in [2.24, 2.45) is 0 Å². The van der Waals surface area contributed by atoms with E-state index < -0.39 is 5.91 Å². The number of hydrogen-bond donors (Lipinski definition) is 1. The van der Waals surface area contributed by atoms with Crippen LogP contribution in [0.2, 0.25) is 0 Å². The van der Waals surface area contributed by atoms with Crippen LogP contribution in [0.3, 0.4) is 0 Å². The maximum absolute atomic E-state index is 12.4. The van der Waals surface area contributed by atoms with Gasteiger partial charge in [0.1, 0.15) is 22.4 Å². The number of nitriles is 1. The number of rotatable bonds is 6.